The van der Waals surface area contributed by atoms with Crippen LogP contribution in [-0.4, -0.2) is 29.7 Å². The van der Waals surface area contributed by atoms with Crippen molar-refractivity contribution in [3.05, 3.63) is 12.2 Å². The van der Waals surface area contributed by atoms with Crippen molar-refractivity contribution in [2.45, 2.75) is 139 Å². The third kappa shape index (κ3) is 4.64. The van der Waals surface area contributed by atoms with Crippen LogP contribution in [0.2, 0.25) is 0 Å². The molecule has 5 heteroatoms. The van der Waals surface area contributed by atoms with Gasteiger partial charge in [0, 0.05) is 5.41 Å². The number of carboxylic acids is 1. The summed E-state index contributed by atoms with van der Waals surface area (Å²) in [5.74, 6) is 2.08. The SMILES string of the molecule is C=C(C)[C@@H]1CC[C@]2(CN)CC[C@]3(C)[C@H](CC[C@@H]4[C@@]5(C)CC[C@H](OC(=O)CC(C)(C)CC(=O)O)C(C)(C)[C@@H]5CC[C@]43C)[C@@H]12. The third-order valence-electron chi connectivity index (χ3n) is 15.1. The van der Waals surface area contributed by atoms with E-state index in [1.165, 1.54) is 56.9 Å². The molecule has 5 rings (SSSR count). The number of nitrogens with two attached hydrogens (primary N) is 1. The Hall–Kier alpha value is -1.36. The molecule has 5 saturated carbocycles. The van der Waals surface area contributed by atoms with Crippen LogP contribution in [0.25, 0.3) is 0 Å². The van der Waals surface area contributed by atoms with Crippen molar-refractivity contribution in [1.82, 2.24) is 0 Å². The molecule has 0 amide bonds. The number of allylic oxidation sites excluding steroid dienone is 1. The Morgan fingerprint density at radius 2 is 1.57 bits per heavy atom. The van der Waals surface area contributed by atoms with Gasteiger partial charge in [0.2, 0.25) is 0 Å². The number of aliphatic carboxylic acids is 1. The summed E-state index contributed by atoms with van der Waals surface area (Å²) in [5, 5.41) is 9.28. The number of carboxylic acid groups (broad SMARTS) is 1. The molecule has 238 valence electrons. The summed E-state index contributed by atoms with van der Waals surface area (Å²) in [7, 11) is 0. The molecule has 5 nitrogen and oxygen atoms in total. The minimum Gasteiger partial charge on any atom is -0.481 e. The van der Waals surface area contributed by atoms with Crippen LogP contribution in [0.4, 0.5) is 0 Å². The normalized spacial score (nSPS) is 46.0. The summed E-state index contributed by atoms with van der Waals surface area (Å²) in [6, 6.07) is 0. The molecule has 10 atom stereocenters. The van der Waals surface area contributed by atoms with Gasteiger partial charge in [-0.25, -0.2) is 0 Å². The Morgan fingerprint density at radius 1 is 0.881 bits per heavy atom. The first kappa shape index (κ1) is 32.0. The van der Waals surface area contributed by atoms with Gasteiger partial charge in [0.25, 0.3) is 0 Å². The van der Waals surface area contributed by atoms with E-state index in [-0.39, 0.29) is 35.7 Å². The second-order valence-corrected chi connectivity index (χ2v) is 18.0. The summed E-state index contributed by atoms with van der Waals surface area (Å²) < 4.78 is 6.24. The van der Waals surface area contributed by atoms with Crippen molar-refractivity contribution >= 4 is 11.9 Å². The fourth-order valence-electron chi connectivity index (χ4n) is 12.9. The van der Waals surface area contributed by atoms with Crippen LogP contribution in [0.3, 0.4) is 0 Å². The number of hydrogen-bond donors (Lipinski definition) is 2. The van der Waals surface area contributed by atoms with Gasteiger partial charge in [0.15, 0.2) is 0 Å². The fourth-order valence-corrected chi connectivity index (χ4v) is 12.9. The summed E-state index contributed by atoms with van der Waals surface area (Å²) in [4.78, 5) is 24.4. The number of fused-ring (bicyclic) bond motifs is 7. The number of rotatable bonds is 7. The Kier molecular flexibility index (Phi) is 7.89. The number of hydrogen-bond acceptors (Lipinski definition) is 4. The van der Waals surface area contributed by atoms with E-state index in [1.54, 1.807) is 0 Å². The predicted octanol–water partition coefficient (Wildman–Crippen LogP) is 8.41. The lowest BCUT2D eigenvalue weighted by Crippen LogP contribution is -2.67. The van der Waals surface area contributed by atoms with Gasteiger partial charge in [-0.2, -0.15) is 0 Å². The van der Waals surface area contributed by atoms with E-state index >= 15 is 0 Å². The quantitative estimate of drug-likeness (QED) is 0.232. The fraction of sp³-hybridized carbons (Fsp3) is 0.892. The van der Waals surface area contributed by atoms with E-state index < -0.39 is 11.4 Å². The highest BCUT2D eigenvalue weighted by Crippen LogP contribution is 2.77. The van der Waals surface area contributed by atoms with E-state index in [0.29, 0.717) is 39.9 Å². The van der Waals surface area contributed by atoms with Gasteiger partial charge in [0.1, 0.15) is 6.10 Å². The molecule has 0 saturated heterocycles. The monoisotopic (exact) mass is 583 g/mol. The zero-order valence-electron chi connectivity index (χ0n) is 28.1. The first-order valence-electron chi connectivity index (χ1n) is 17.1. The van der Waals surface area contributed by atoms with E-state index in [0.717, 1.165) is 25.3 Å². The van der Waals surface area contributed by atoms with E-state index in [4.69, 9.17) is 10.5 Å². The maximum absolute atomic E-state index is 13.1. The van der Waals surface area contributed by atoms with Crippen molar-refractivity contribution < 1.29 is 19.4 Å². The first-order valence-corrected chi connectivity index (χ1v) is 17.1. The van der Waals surface area contributed by atoms with Crippen LogP contribution in [-0.2, 0) is 14.3 Å². The van der Waals surface area contributed by atoms with Crippen LogP contribution in [0.1, 0.15) is 132 Å². The number of carbonyl (C=O) groups is 2. The van der Waals surface area contributed by atoms with Crippen LogP contribution in [0.15, 0.2) is 12.2 Å². The highest BCUT2D eigenvalue weighted by molar-refractivity contribution is 5.73. The summed E-state index contributed by atoms with van der Waals surface area (Å²) >= 11 is 0. The molecule has 5 fully saturated rings. The van der Waals surface area contributed by atoms with Crippen molar-refractivity contribution in [3.63, 3.8) is 0 Å². The number of carbonyl (C=O) groups excluding carboxylic acids is 1. The van der Waals surface area contributed by atoms with Gasteiger partial charge < -0.3 is 15.6 Å². The second-order valence-electron chi connectivity index (χ2n) is 18.0. The lowest BCUT2D eigenvalue weighted by molar-refractivity contribution is -0.249. The number of ether oxygens (including phenoxy) is 1. The average molecular weight is 584 g/mol. The highest BCUT2D eigenvalue weighted by Gasteiger charge is 2.70. The van der Waals surface area contributed by atoms with Crippen LogP contribution in [0, 0.1) is 62.1 Å². The molecule has 0 unspecified atom stereocenters. The van der Waals surface area contributed by atoms with E-state index in [2.05, 4.69) is 48.1 Å². The second kappa shape index (κ2) is 10.3. The van der Waals surface area contributed by atoms with Gasteiger partial charge >= 0.3 is 11.9 Å². The van der Waals surface area contributed by atoms with Crippen molar-refractivity contribution in [3.8, 4) is 0 Å². The Bertz CT molecular complexity index is 1110. The van der Waals surface area contributed by atoms with Gasteiger partial charge in [-0.15, -0.1) is 0 Å². The maximum Gasteiger partial charge on any atom is 0.306 e. The number of esters is 1. The van der Waals surface area contributed by atoms with Crippen LogP contribution in [0.5, 0.6) is 0 Å². The molecule has 0 aromatic carbocycles. The zero-order chi connectivity index (χ0) is 31.1. The minimum atomic E-state index is -0.870. The Balaban J connectivity index is 1.39. The average Bonchev–Trinajstić information content (AvgIpc) is 3.25. The van der Waals surface area contributed by atoms with Gasteiger partial charge in [-0.05, 0) is 134 Å². The molecule has 0 bridgehead atoms. The molecule has 0 heterocycles. The van der Waals surface area contributed by atoms with Crippen molar-refractivity contribution in [1.29, 1.82) is 0 Å². The van der Waals surface area contributed by atoms with E-state index in [9.17, 15) is 14.7 Å². The molecule has 0 aromatic rings. The van der Waals surface area contributed by atoms with Gasteiger partial charge in [-0.3, -0.25) is 9.59 Å². The first-order chi connectivity index (χ1) is 19.4. The maximum atomic E-state index is 13.1. The highest BCUT2D eigenvalue weighted by atomic mass is 16.5. The summed E-state index contributed by atoms with van der Waals surface area (Å²) in [5.41, 5.74) is 8.41. The molecule has 3 N–H and O–H groups in total. The molecular formula is C37H61NO4. The lowest BCUT2D eigenvalue weighted by Gasteiger charge is -2.73. The van der Waals surface area contributed by atoms with Crippen LogP contribution >= 0.6 is 0 Å². The Morgan fingerprint density at radius 3 is 2.19 bits per heavy atom. The lowest BCUT2D eigenvalue weighted by atomic mass is 9.32. The van der Waals surface area contributed by atoms with Crippen molar-refractivity contribution in [2.75, 3.05) is 6.54 Å². The molecule has 5 aliphatic rings. The van der Waals surface area contributed by atoms with Gasteiger partial charge in [-0.1, -0.05) is 60.6 Å². The molecule has 0 aromatic heterocycles. The predicted molar refractivity (Wildman–Crippen MR) is 169 cm³/mol. The minimum absolute atomic E-state index is 0.0305. The summed E-state index contributed by atoms with van der Waals surface area (Å²) in [6.45, 7) is 23.9. The Labute approximate surface area is 256 Å². The standard InChI is InChI=1S/C37H61NO4/c1-23(2)24-12-17-37(22-38)19-18-35(8)25(31(24)37)10-11-27-34(7)15-14-28(33(5,6)26(34)13-16-36(27,35)9)42-30(41)21-32(3,4)20-29(39)40/h24-28,31H,1,10-22,38H2,2-9H3,(H,39,40)/t24-,25+,26-,27+,28-,31+,34-,35+,36+,37+/m0/s1. The summed E-state index contributed by atoms with van der Waals surface area (Å²) in [6.07, 6.45) is 12.2. The van der Waals surface area contributed by atoms with Gasteiger partial charge in [0.05, 0.1) is 12.8 Å². The van der Waals surface area contributed by atoms with Crippen LogP contribution < -0.4 is 5.73 Å². The molecule has 0 aliphatic heterocycles. The largest absolute Gasteiger partial charge is 0.481 e. The topological polar surface area (TPSA) is 89.6 Å². The molecule has 5 aliphatic carbocycles. The third-order valence-corrected chi connectivity index (χ3v) is 15.1. The molecular weight excluding hydrogens is 522 g/mol. The van der Waals surface area contributed by atoms with E-state index in [1.807, 2.05) is 13.8 Å². The van der Waals surface area contributed by atoms with Crippen molar-refractivity contribution in [2.24, 2.45) is 67.8 Å². The smallest absolute Gasteiger partial charge is 0.306 e. The molecule has 42 heavy (non-hydrogen) atoms. The zero-order valence-corrected chi connectivity index (χ0v) is 28.1. The molecule has 0 spiro atoms. The molecule has 0 radical (unpaired) electrons.